The summed E-state index contributed by atoms with van der Waals surface area (Å²) in [5, 5.41) is 0. The smallest absolute Gasteiger partial charge is 0.250 e. The molecular weight excluding hydrogens is 250 g/mol. The normalized spacial score (nSPS) is 10.5. The Morgan fingerprint density at radius 1 is 1.05 bits per heavy atom. The topological polar surface area (TPSA) is 29.5 Å². The van der Waals surface area contributed by atoms with Gasteiger partial charge in [0.05, 0.1) is 7.11 Å². The van der Waals surface area contributed by atoms with Crippen LogP contribution >= 0.6 is 0 Å². The second-order valence-electron chi connectivity index (χ2n) is 4.31. The number of hydrogen-bond donors (Lipinski definition) is 0. The summed E-state index contributed by atoms with van der Waals surface area (Å²) in [6.45, 7) is 0. The average Bonchev–Trinajstić information content (AvgIpc) is 2.53. The number of carbonyl (C=O) groups excluding carboxylic acids is 1. The summed E-state index contributed by atoms with van der Waals surface area (Å²) < 4.78 is 5.25. The number of likely N-dealkylation sites (N-methyl/N-ethyl adjacent to an activating group) is 1. The van der Waals surface area contributed by atoms with Gasteiger partial charge in [-0.2, -0.15) is 0 Å². The van der Waals surface area contributed by atoms with E-state index in [9.17, 15) is 4.79 Å². The molecule has 0 N–H and O–H groups in total. The molecule has 20 heavy (non-hydrogen) atoms. The van der Waals surface area contributed by atoms with Crippen molar-refractivity contribution >= 4 is 17.7 Å². The zero-order valence-electron chi connectivity index (χ0n) is 11.6. The third kappa shape index (κ3) is 3.26. The van der Waals surface area contributed by atoms with Gasteiger partial charge in [0.1, 0.15) is 5.75 Å². The molecule has 0 atom stereocenters. The molecule has 102 valence electrons. The summed E-state index contributed by atoms with van der Waals surface area (Å²) in [7, 11) is 3.37. The summed E-state index contributed by atoms with van der Waals surface area (Å²) in [6.07, 6.45) is 3.31. The van der Waals surface area contributed by atoms with Crippen LogP contribution in [0, 0.1) is 0 Å². The Bertz CT molecular complexity index is 605. The molecule has 0 aliphatic carbocycles. The van der Waals surface area contributed by atoms with Crippen LogP contribution in [0.3, 0.4) is 0 Å². The van der Waals surface area contributed by atoms with E-state index in [1.165, 1.54) is 0 Å². The van der Waals surface area contributed by atoms with E-state index in [4.69, 9.17) is 4.74 Å². The molecule has 2 aromatic rings. The first-order valence-corrected chi connectivity index (χ1v) is 6.36. The van der Waals surface area contributed by atoms with Crippen LogP contribution in [-0.4, -0.2) is 20.1 Å². The summed E-state index contributed by atoms with van der Waals surface area (Å²) in [4.78, 5) is 13.7. The fourth-order valence-electron chi connectivity index (χ4n) is 1.86. The number of anilines is 1. The van der Waals surface area contributed by atoms with Crippen molar-refractivity contribution in [1.82, 2.24) is 0 Å². The third-order valence-corrected chi connectivity index (χ3v) is 3.02. The summed E-state index contributed by atoms with van der Waals surface area (Å²) >= 11 is 0. The van der Waals surface area contributed by atoms with E-state index in [-0.39, 0.29) is 5.91 Å². The quantitative estimate of drug-likeness (QED) is 0.795. The van der Waals surface area contributed by atoms with Gasteiger partial charge in [0.15, 0.2) is 0 Å². The first-order valence-electron chi connectivity index (χ1n) is 6.36. The first-order chi connectivity index (χ1) is 9.72. The minimum Gasteiger partial charge on any atom is -0.496 e. The standard InChI is InChI=1S/C17H17NO2/c1-18(15-9-4-3-5-10-15)17(19)13-12-14-8-6-7-11-16(14)20-2/h3-13H,1-2H3/b13-12+. The maximum atomic E-state index is 12.1. The number of ether oxygens (including phenoxy) is 1. The van der Waals surface area contributed by atoms with Crippen molar-refractivity contribution in [3.63, 3.8) is 0 Å². The predicted molar refractivity (Wildman–Crippen MR) is 81.9 cm³/mol. The van der Waals surface area contributed by atoms with Crippen molar-refractivity contribution in [3.8, 4) is 5.75 Å². The molecule has 1 amide bonds. The van der Waals surface area contributed by atoms with Crippen molar-refractivity contribution in [1.29, 1.82) is 0 Å². The molecule has 0 aromatic heterocycles. The van der Waals surface area contributed by atoms with E-state index in [0.29, 0.717) is 0 Å². The Kier molecular flexibility index (Phi) is 4.56. The van der Waals surface area contributed by atoms with Crippen LogP contribution in [0.4, 0.5) is 5.69 Å². The molecule has 0 aliphatic rings. The summed E-state index contributed by atoms with van der Waals surface area (Å²) in [5.74, 6) is 0.668. The fourth-order valence-corrected chi connectivity index (χ4v) is 1.86. The molecular formula is C17H17NO2. The lowest BCUT2D eigenvalue weighted by molar-refractivity contribution is -0.113. The molecule has 3 nitrogen and oxygen atoms in total. The lowest BCUT2D eigenvalue weighted by Gasteiger charge is -2.14. The van der Waals surface area contributed by atoms with E-state index in [0.717, 1.165) is 17.0 Å². The van der Waals surface area contributed by atoms with E-state index in [1.54, 1.807) is 31.2 Å². The van der Waals surface area contributed by atoms with Gasteiger partial charge >= 0.3 is 0 Å². The van der Waals surface area contributed by atoms with Gasteiger partial charge in [-0.25, -0.2) is 0 Å². The Morgan fingerprint density at radius 2 is 1.70 bits per heavy atom. The molecule has 0 bridgehead atoms. The van der Waals surface area contributed by atoms with E-state index >= 15 is 0 Å². The number of para-hydroxylation sites is 2. The van der Waals surface area contributed by atoms with Crippen molar-refractivity contribution in [2.24, 2.45) is 0 Å². The van der Waals surface area contributed by atoms with Crippen LogP contribution in [0.1, 0.15) is 5.56 Å². The van der Waals surface area contributed by atoms with E-state index in [2.05, 4.69) is 0 Å². The van der Waals surface area contributed by atoms with Crippen molar-refractivity contribution < 1.29 is 9.53 Å². The second kappa shape index (κ2) is 6.57. The number of nitrogens with zero attached hydrogens (tertiary/aromatic N) is 1. The average molecular weight is 267 g/mol. The number of carbonyl (C=O) groups is 1. The van der Waals surface area contributed by atoms with Crippen molar-refractivity contribution in [3.05, 3.63) is 66.2 Å². The number of hydrogen-bond acceptors (Lipinski definition) is 2. The number of amides is 1. The van der Waals surface area contributed by atoms with E-state index in [1.807, 2.05) is 54.6 Å². The molecule has 0 spiro atoms. The molecule has 0 saturated heterocycles. The first kappa shape index (κ1) is 13.9. The lowest BCUT2D eigenvalue weighted by atomic mass is 10.2. The monoisotopic (exact) mass is 267 g/mol. The molecule has 2 aromatic carbocycles. The molecule has 0 heterocycles. The summed E-state index contributed by atoms with van der Waals surface area (Å²) in [6, 6.07) is 17.1. The molecule has 0 radical (unpaired) electrons. The van der Waals surface area contributed by atoms with Gasteiger partial charge in [-0.1, -0.05) is 36.4 Å². The minimum absolute atomic E-state index is 0.0814. The predicted octanol–water partition coefficient (Wildman–Crippen LogP) is 3.37. The SMILES string of the molecule is COc1ccccc1/C=C/C(=O)N(C)c1ccccc1. The van der Waals surface area contributed by atoms with Crippen LogP contribution < -0.4 is 9.64 Å². The van der Waals surface area contributed by atoms with Gasteiger partial charge in [0, 0.05) is 24.4 Å². The third-order valence-electron chi connectivity index (χ3n) is 3.02. The number of methoxy groups -OCH3 is 1. The van der Waals surface area contributed by atoms with Gasteiger partial charge in [0.25, 0.3) is 5.91 Å². The van der Waals surface area contributed by atoms with Gasteiger partial charge < -0.3 is 9.64 Å². The zero-order valence-corrected chi connectivity index (χ0v) is 11.6. The largest absolute Gasteiger partial charge is 0.496 e. The van der Waals surface area contributed by atoms with Crippen molar-refractivity contribution in [2.75, 3.05) is 19.1 Å². The highest BCUT2D eigenvalue weighted by Crippen LogP contribution is 2.19. The molecule has 2 rings (SSSR count). The highest BCUT2D eigenvalue weighted by atomic mass is 16.5. The Balaban J connectivity index is 2.13. The van der Waals surface area contributed by atoms with Crippen LogP contribution in [-0.2, 0) is 4.79 Å². The van der Waals surface area contributed by atoms with E-state index < -0.39 is 0 Å². The maximum absolute atomic E-state index is 12.1. The van der Waals surface area contributed by atoms with Crippen molar-refractivity contribution in [2.45, 2.75) is 0 Å². The molecule has 0 saturated carbocycles. The van der Waals surface area contributed by atoms with Gasteiger partial charge in [-0.3, -0.25) is 4.79 Å². The van der Waals surface area contributed by atoms with Crippen LogP contribution in [0.2, 0.25) is 0 Å². The highest BCUT2D eigenvalue weighted by Gasteiger charge is 2.07. The molecule has 0 fully saturated rings. The summed E-state index contributed by atoms with van der Waals surface area (Å²) in [5.41, 5.74) is 1.74. The highest BCUT2D eigenvalue weighted by molar-refractivity contribution is 6.03. The number of benzene rings is 2. The van der Waals surface area contributed by atoms with Crippen LogP contribution in [0.25, 0.3) is 6.08 Å². The minimum atomic E-state index is -0.0814. The maximum Gasteiger partial charge on any atom is 0.250 e. The second-order valence-corrected chi connectivity index (χ2v) is 4.31. The lowest BCUT2D eigenvalue weighted by Crippen LogP contribution is -2.23. The molecule has 3 heteroatoms. The zero-order chi connectivity index (χ0) is 14.4. The van der Waals surface area contributed by atoms with Crippen LogP contribution in [0.5, 0.6) is 5.75 Å². The van der Waals surface area contributed by atoms with Crippen LogP contribution in [0.15, 0.2) is 60.7 Å². The fraction of sp³-hybridized carbons (Fsp3) is 0.118. The Morgan fingerprint density at radius 3 is 2.40 bits per heavy atom. The van der Waals surface area contributed by atoms with Gasteiger partial charge in [-0.05, 0) is 24.3 Å². The molecule has 0 aliphatic heterocycles. The Labute approximate surface area is 119 Å². The Hall–Kier alpha value is -2.55. The van der Waals surface area contributed by atoms with Gasteiger partial charge in [0.2, 0.25) is 0 Å². The molecule has 0 unspecified atom stereocenters. The van der Waals surface area contributed by atoms with Gasteiger partial charge in [-0.15, -0.1) is 0 Å². The number of rotatable bonds is 4.